The molecule has 2 aliphatic rings. The molecule has 0 N–H and O–H groups in total. The van der Waals surface area contributed by atoms with E-state index in [1.54, 1.807) is 16.7 Å². The molecule has 25 heavy (non-hydrogen) atoms. The fourth-order valence-electron chi connectivity index (χ4n) is 4.93. The predicted octanol–water partition coefficient (Wildman–Crippen LogP) is 5.91. The first kappa shape index (κ1) is 13.4. The first-order valence-electron chi connectivity index (χ1n) is 9.10. The minimum Gasteiger partial charge on any atom is -0.0620 e. The van der Waals surface area contributed by atoms with Gasteiger partial charge < -0.3 is 0 Å². The lowest BCUT2D eigenvalue weighted by molar-refractivity contribution is 0.990. The zero-order valence-corrected chi connectivity index (χ0v) is 14.0. The second-order valence-corrected chi connectivity index (χ2v) is 7.31. The summed E-state index contributed by atoms with van der Waals surface area (Å²) in [6.45, 7) is 0. The van der Waals surface area contributed by atoms with Crippen molar-refractivity contribution in [3.8, 4) is 11.1 Å². The zero-order valence-electron chi connectivity index (χ0n) is 14.0. The highest BCUT2D eigenvalue weighted by Crippen LogP contribution is 2.47. The Balaban J connectivity index is 1.73. The highest BCUT2D eigenvalue weighted by molar-refractivity contribution is 6.04. The van der Waals surface area contributed by atoms with Crippen LogP contribution in [0.2, 0.25) is 0 Å². The summed E-state index contributed by atoms with van der Waals surface area (Å²) in [4.78, 5) is 0. The van der Waals surface area contributed by atoms with E-state index in [-0.39, 0.29) is 0 Å². The molecule has 4 aromatic rings. The van der Waals surface area contributed by atoms with Crippen LogP contribution in [0.3, 0.4) is 0 Å². The molecule has 0 aliphatic heterocycles. The second-order valence-electron chi connectivity index (χ2n) is 7.31. The number of hydrogen-bond donors (Lipinski definition) is 0. The van der Waals surface area contributed by atoms with E-state index < -0.39 is 0 Å². The summed E-state index contributed by atoms with van der Waals surface area (Å²) in [5, 5.41) is 2.88. The summed E-state index contributed by atoms with van der Waals surface area (Å²) in [6, 6.07) is 26.9. The van der Waals surface area contributed by atoms with Gasteiger partial charge in [0.25, 0.3) is 0 Å². The van der Waals surface area contributed by atoms with E-state index in [2.05, 4.69) is 72.8 Å². The fraction of sp³-hybridized carbons (Fsp3) is 0.120. The van der Waals surface area contributed by atoms with Gasteiger partial charge in [-0.05, 0) is 74.5 Å². The maximum atomic E-state index is 2.32. The first-order chi connectivity index (χ1) is 12.4. The summed E-state index contributed by atoms with van der Waals surface area (Å²) < 4.78 is 0. The molecule has 0 fully saturated rings. The lowest BCUT2D eigenvalue weighted by Gasteiger charge is -2.25. The van der Waals surface area contributed by atoms with Crippen molar-refractivity contribution in [3.63, 3.8) is 0 Å². The molecule has 0 amide bonds. The van der Waals surface area contributed by atoms with Gasteiger partial charge in [0.2, 0.25) is 0 Å². The van der Waals surface area contributed by atoms with Crippen molar-refractivity contribution >= 4 is 10.8 Å². The summed E-state index contributed by atoms with van der Waals surface area (Å²) in [7, 11) is 0. The molecule has 0 aromatic heterocycles. The Hall–Kier alpha value is -2.86. The minimum absolute atomic E-state index is 1.07. The molecule has 0 saturated carbocycles. The Bertz CT molecular complexity index is 1160. The standard InChI is InChI=1S/C25H18/c1-2-8-17-14-23-22(13-16(17)7-1)20-11-5-6-12-21(20)25-19-10-4-3-9-18(19)15-24(23)25/h1-12H,13-15H2. The molecule has 0 saturated heterocycles. The molecule has 0 atom stereocenters. The van der Waals surface area contributed by atoms with E-state index in [9.17, 15) is 0 Å². The van der Waals surface area contributed by atoms with Gasteiger partial charge in [-0.15, -0.1) is 0 Å². The van der Waals surface area contributed by atoms with E-state index in [1.165, 1.54) is 38.6 Å². The molecule has 2 aliphatic carbocycles. The fourth-order valence-corrected chi connectivity index (χ4v) is 4.93. The van der Waals surface area contributed by atoms with Crippen molar-refractivity contribution in [2.24, 2.45) is 0 Å². The third kappa shape index (κ3) is 1.77. The molecule has 6 rings (SSSR count). The van der Waals surface area contributed by atoms with Crippen molar-refractivity contribution in [2.45, 2.75) is 19.3 Å². The Morgan fingerprint density at radius 2 is 1.00 bits per heavy atom. The van der Waals surface area contributed by atoms with Crippen LogP contribution >= 0.6 is 0 Å². The van der Waals surface area contributed by atoms with Gasteiger partial charge >= 0.3 is 0 Å². The van der Waals surface area contributed by atoms with Crippen LogP contribution in [-0.2, 0) is 19.3 Å². The molecule has 0 nitrogen and oxygen atoms in total. The highest BCUT2D eigenvalue weighted by atomic mass is 14.3. The normalized spacial score (nSPS) is 13.9. The molecule has 0 heteroatoms. The van der Waals surface area contributed by atoms with Crippen LogP contribution in [0.15, 0.2) is 72.8 Å². The van der Waals surface area contributed by atoms with Gasteiger partial charge in [0.1, 0.15) is 0 Å². The first-order valence-corrected chi connectivity index (χ1v) is 9.10. The summed E-state index contributed by atoms with van der Waals surface area (Å²) in [6.07, 6.45) is 3.23. The quantitative estimate of drug-likeness (QED) is 0.327. The van der Waals surface area contributed by atoms with Gasteiger partial charge in [-0.1, -0.05) is 72.8 Å². The summed E-state index contributed by atoms with van der Waals surface area (Å²) in [5.74, 6) is 0. The molecule has 0 bridgehead atoms. The van der Waals surface area contributed by atoms with Gasteiger partial charge in [0.15, 0.2) is 0 Å². The molecular formula is C25H18. The van der Waals surface area contributed by atoms with Gasteiger partial charge in [-0.25, -0.2) is 0 Å². The molecule has 118 valence electrons. The Morgan fingerprint density at radius 3 is 1.80 bits per heavy atom. The van der Waals surface area contributed by atoms with Gasteiger partial charge in [-0.3, -0.25) is 0 Å². The van der Waals surface area contributed by atoms with Crippen LogP contribution in [0.5, 0.6) is 0 Å². The van der Waals surface area contributed by atoms with Crippen molar-refractivity contribution < 1.29 is 0 Å². The SMILES string of the molecule is c1ccc2c(c1)Cc1c3c(c4ccccc4c1C2)-c1ccccc1C3. The molecule has 0 heterocycles. The number of rotatable bonds is 0. The van der Waals surface area contributed by atoms with Crippen molar-refractivity contribution in [3.05, 3.63) is 106 Å². The lowest BCUT2D eigenvalue weighted by Crippen LogP contribution is -2.11. The maximum absolute atomic E-state index is 2.32. The third-order valence-corrected chi connectivity index (χ3v) is 6.06. The number of hydrogen-bond acceptors (Lipinski definition) is 0. The molecular weight excluding hydrogens is 300 g/mol. The van der Waals surface area contributed by atoms with E-state index in [0.29, 0.717) is 0 Å². The van der Waals surface area contributed by atoms with Crippen LogP contribution in [0.25, 0.3) is 21.9 Å². The number of fused-ring (bicyclic) bond motifs is 9. The molecule has 0 spiro atoms. The van der Waals surface area contributed by atoms with Crippen LogP contribution in [-0.4, -0.2) is 0 Å². The van der Waals surface area contributed by atoms with Crippen LogP contribution < -0.4 is 0 Å². The largest absolute Gasteiger partial charge is 0.0620 e. The second kappa shape index (κ2) is 4.83. The topological polar surface area (TPSA) is 0 Å². The molecule has 0 radical (unpaired) electrons. The van der Waals surface area contributed by atoms with E-state index in [4.69, 9.17) is 0 Å². The van der Waals surface area contributed by atoms with Crippen molar-refractivity contribution in [2.75, 3.05) is 0 Å². The van der Waals surface area contributed by atoms with E-state index in [0.717, 1.165) is 19.3 Å². The highest BCUT2D eigenvalue weighted by Gasteiger charge is 2.28. The van der Waals surface area contributed by atoms with Crippen LogP contribution in [0, 0.1) is 0 Å². The average Bonchev–Trinajstić information content (AvgIpc) is 3.07. The van der Waals surface area contributed by atoms with Crippen molar-refractivity contribution in [1.29, 1.82) is 0 Å². The van der Waals surface area contributed by atoms with E-state index >= 15 is 0 Å². The Kier molecular flexibility index (Phi) is 2.59. The third-order valence-electron chi connectivity index (χ3n) is 6.06. The Labute approximate surface area is 147 Å². The molecule has 4 aromatic carbocycles. The predicted molar refractivity (Wildman–Crippen MR) is 104 cm³/mol. The minimum atomic E-state index is 1.07. The van der Waals surface area contributed by atoms with Crippen molar-refractivity contribution in [1.82, 2.24) is 0 Å². The van der Waals surface area contributed by atoms with Crippen LogP contribution in [0.4, 0.5) is 0 Å². The summed E-state index contributed by atoms with van der Waals surface area (Å²) in [5.41, 5.74) is 12.1. The smallest absolute Gasteiger partial charge is 0.00103 e. The average molecular weight is 318 g/mol. The number of benzene rings is 4. The Morgan fingerprint density at radius 1 is 0.440 bits per heavy atom. The van der Waals surface area contributed by atoms with Crippen LogP contribution in [0.1, 0.15) is 33.4 Å². The lowest BCUT2D eigenvalue weighted by atomic mass is 9.79. The van der Waals surface area contributed by atoms with E-state index in [1.807, 2.05) is 0 Å². The van der Waals surface area contributed by atoms with Gasteiger partial charge in [-0.2, -0.15) is 0 Å². The zero-order chi connectivity index (χ0) is 16.4. The monoisotopic (exact) mass is 318 g/mol. The van der Waals surface area contributed by atoms with Gasteiger partial charge in [0.05, 0.1) is 0 Å². The molecule has 0 unspecified atom stereocenters. The maximum Gasteiger partial charge on any atom is -0.00103 e. The van der Waals surface area contributed by atoms with Gasteiger partial charge in [0, 0.05) is 0 Å². The summed E-state index contributed by atoms with van der Waals surface area (Å²) >= 11 is 0.